The topological polar surface area (TPSA) is 44.8 Å². The molecular weight excluding hydrogens is 160 g/mol. The molecule has 0 amide bonds. The molecule has 4 nitrogen and oxygen atoms in total. The molecule has 0 N–H and O–H groups in total. The minimum atomic E-state index is -0.683. The van der Waals surface area contributed by atoms with E-state index in [2.05, 4.69) is 0 Å². The van der Waals surface area contributed by atoms with Gasteiger partial charge in [-0.15, -0.1) is 0 Å². The highest BCUT2D eigenvalue weighted by atomic mass is 16.7. The summed E-state index contributed by atoms with van der Waals surface area (Å²) in [5.41, 5.74) is 0. The molecule has 3 aliphatic heterocycles. The van der Waals surface area contributed by atoms with Crippen LogP contribution < -0.4 is 0 Å². The number of rotatable bonds is 0. The number of carbonyl (C=O) groups is 1. The molecule has 12 heavy (non-hydrogen) atoms. The van der Waals surface area contributed by atoms with Gasteiger partial charge in [0, 0.05) is 6.42 Å². The Morgan fingerprint density at radius 2 is 2.00 bits per heavy atom. The summed E-state index contributed by atoms with van der Waals surface area (Å²) in [7, 11) is 0. The first-order valence-electron chi connectivity index (χ1n) is 4.31. The fraction of sp³-hybridized carbons (Fsp3) is 0.875. The van der Waals surface area contributed by atoms with Crippen LogP contribution in [0.1, 0.15) is 12.8 Å². The summed E-state index contributed by atoms with van der Waals surface area (Å²) in [6.45, 7) is 1.27. The van der Waals surface area contributed by atoms with Crippen molar-refractivity contribution in [2.24, 2.45) is 5.92 Å². The maximum absolute atomic E-state index is 11.3. The monoisotopic (exact) mass is 170 g/mol. The lowest BCUT2D eigenvalue weighted by Crippen LogP contribution is -2.39. The van der Waals surface area contributed by atoms with Gasteiger partial charge in [-0.3, -0.25) is 4.79 Å². The minimum Gasteiger partial charge on any atom is -0.456 e. The third-order valence-corrected chi connectivity index (χ3v) is 2.92. The Labute approximate surface area is 69.8 Å². The molecule has 3 fully saturated rings. The summed E-state index contributed by atoms with van der Waals surface area (Å²) < 4.78 is 16.1. The van der Waals surface area contributed by atoms with Crippen LogP contribution in [0.5, 0.6) is 0 Å². The lowest BCUT2D eigenvalue weighted by molar-refractivity contribution is -0.207. The SMILES string of the molecule is O=C1OC2CCOC23OCCC13. The van der Waals surface area contributed by atoms with Crippen molar-refractivity contribution in [1.82, 2.24) is 0 Å². The second-order valence-electron chi connectivity index (χ2n) is 3.47. The molecule has 66 valence electrons. The van der Waals surface area contributed by atoms with E-state index in [1.165, 1.54) is 0 Å². The van der Waals surface area contributed by atoms with Crippen molar-refractivity contribution in [2.75, 3.05) is 13.2 Å². The molecular formula is C8H10O4. The molecule has 3 heterocycles. The molecule has 0 radical (unpaired) electrons. The van der Waals surface area contributed by atoms with Gasteiger partial charge in [-0.05, 0) is 6.42 Å². The van der Waals surface area contributed by atoms with E-state index in [0.29, 0.717) is 13.2 Å². The second-order valence-corrected chi connectivity index (χ2v) is 3.47. The summed E-state index contributed by atoms with van der Waals surface area (Å²) in [5.74, 6) is -0.987. The van der Waals surface area contributed by atoms with Crippen LogP contribution in [0.4, 0.5) is 0 Å². The molecule has 0 aromatic carbocycles. The largest absolute Gasteiger partial charge is 0.456 e. The van der Waals surface area contributed by atoms with Crippen LogP contribution in [-0.4, -0.2) is 31.1 Å². The average Bonchev–Trinajstić information content (AvgIpc) is 2.63. The van der Waals surface area contributed by atoms with Gasteiger partial charge in [0.05, 0.1) is 13.2 Å². The van der Waals surface area contributed by atoms with Crippen LogP contribution in [-0.2, 0) is 19.0 Å². The third-order valence-electron chi connectivity index (χ3n) is 2.92. The van der Waals surface area contributed by atoms with Crippen molar-refractivity contribution in [2.45, 2.75) is 24.7 Å². The fourth-order valence-electron chi connectivity index (χ4n) is 2.36. The highest BCUT2D eigenvalue weighted by Gasteiger charge is 2.64. The number of ether oxygens (including phenoxy) is 3. The Bertz CT molecular complexity index is 235. The van der Waals surface area contributed by atoms with E-state index in [4.69, 9.17) is 14.2 Å². The molecule has 0 aliphatic carbocycles. The van der Waals surface area contributed by atoms with Crippen molar-refractivity contribution < 1.29 is 19.0 Å². The van der Waals surface area contributed by atoms with Gasteiger partial charge in [0.15, 0.2) is 6.10 Å². The molecule has 4 heteroatoms. The van der Waals surface area contributed by atoms with E-state index in [1.54, 1.807) is 0 Å². The maximum atomic E-state index is 11.3. The molecule has 3 unspecified atom stereocenters. The minimum absolute atomic E-state index is 0.141. The quantitative estimate of drug-likeness (QED) is 0.482. The lowest BCUT2D eigenvalue weighted by Gasteiger charge is -2.22. The first-order chi connectivity index (χ1) is 5.83. The summed E-state index contributed by atoms with van der Waals surface area (Å²) in [4.78, 5) is 11.3. The first kappa shape index (κ1) is 6.86. The highest BCUT2D eigenvalue weighted by molar-refractivity contribution is 5.77. The van der Waals surface area contributed by atoms with Gasteiger partial charge in [0.1, 0.15) is 5.92 Å². The predicted octanol–water partition coefficient (Wildman–Crippen LogP) is 0.0649. The van der Waals surface area contributed by atoms with Crippen molar-refractivity contribution in [3.8, 4) is 0 Å². The smallest absolute Gasteiger partial charge is 0.315 e. The Hall–Kier alpha value is -0.610. The first-order valence-corrected chi connectivity index (χ1v) is 4.31. The van der Waals surface area contributed by atoms with Gasteiger partial charge in [0.25, 0.3) is 0 Å². The van der Waals surface area contributed by atoms with Crippen molar-refractivity contribution in [3.63, 3.8) is 0 Å². The van der Waals surface area contributed by atoms with Crippen LogP contribution in [0, 0.1) is 5.92 Å². The fourth-order valence-corrected chi connectivity index (χ4v) is 2.36. The lowest BCUT2D eigenvalue weighted by atomic mass is 9.97. The van der Waals surface area contributed by atoms with E-state index in [1.807, 2.05) is 0 Å². The van der Waals surface area contributed by atoms with E-state index < -0.39 is 5.79 Å². The molecule has 3 saturated heterocycles. The molecule has 3 aliphatic rings. The standard InChI is InChI=1S/C8H10O4/c9-7-5-1-3-10-8(5)6(12-7)2-4-11-8/h5-6H,1-4H2. The van der Waals surface area contributed by atoms with Crippen LogP contribution in [0.25, 0.3) is 0 Å². The van der Waals surface area contributed by atoms with Crippen molar-refractivity contribution in [3.05, 3.63) is 0 Å². The van der Waals surface area contributed by atoms with Crippen LogP contribution in [0.15, 0.2) is 0 Å². The summed E-state index contributed by atoms with van der Waals surface area (Å²) >= 11 is 0. The predicted molar refractivity (Wildman–Crippen MR) is 37.2 cm³/mol. The Kier molecular flexibility index (Phi) is 1.14. The number of hydrogen-bond donors (Lipinski definition) is 0. The van der Waals surface area contributed by atoms with Crippen molar-refractivity contribution >= 4 is 5.97 Å². The number of esters is 1. The van der Waals surface area contributed by atoms with Gasteiger partial charge in [0.2, 0.25) is 5.79 Å². The Morgan fingerprint density at radius 3 is 2.83 bits per heavy atom. The van der Waals surface area contributed by atoms with Gasteiger partial charge in [-0.2, -0.15) is 0 Å². The molecule has 3 rings (SSSR count). The molecule has 0 bridgehead atoms. The summed E-state index contributed by atoms with van der Waals surface area (Å²) in [5, 5.41) is 0. The van der Waals surface area contributed by atoms with E-state index in [9.17, 15) is 4.79 Å². The number of carbonyl (C=O) groups excluding carboxylic acids is 1. The van der Waals surface area contributed by atoms with E-state index in [-0.39, 0.29) is 18.0 Å². The third kappa shape index (κ3) is 0.593. The van der Waals surface area contributed by atoms with Gasteiger partial charge in [-0.25, -0.2) is 0 Å². The second kappa shape index (κ2) is 2.00. The molecule has 1 spiro atoms. The molecule has 0 saturated carbocycles. The normalized spacial score (nSPS) is 50.5. The molecule has 3 atom stereocenters. The van der Waals surface area contributed by atoms with Crippen LogP contribution in [0.2, 0.25) is 0 Å². The zero-order valence-electron chi connectivity index (χ0n) is 6.62. The summed E-state index contributed by atoms with van der Waals surface area (Å²) in [6.07, 6.45) is 1.38. The zero-order valence-corrected chi connectivity index (χ0v) is 6.62. The maximum Gasteiger partial charge on any atom is 0.315 e. The molecule has 0 aromatic heterocycles. The zero-order chi connectivity index (χ0) is 8.18. The van der Waals surface area contributed by atoms with Gasteiger partial charge < -0.3 is 14.2 Å². The van der Waals surface area contributed by atoms with Crippen LogP contribution >= 0.6 is 0 Å². The van der Waals surface area contributed by atoms with E-state index >= 15 is 0 Å². The molecule has 0 aromatic rings. The van der Waals surface area contributed by atoms with E-state index in [0.717, 1.165) is 12.8 Å². The van der Waals surface area contributed by atoms with Crippen molar-refractivity contribution in [1.29, 1.82) is 0 Å². The van der Waals surface area contributed by atoms with Gasteiger partial charge in [-0.1, -0.05) is 0 Å². The summed E-state index contributed by atoms with van der Waals surface area (Å²) in [6, 6.07) is 0. The average molecular weight is 170 g/mol. The number of hydrogen-bond acceptors (Lipinski definition) is 4. The Morgan fingerprint density at radius 1 is 1.25 bits per heavy atom. The van der Waals surface area contributed by atoms with Gasteiger partial charge >= 0.3 is 5.97 Å². The Balaban J connectivity index is 2.03. The highest BCUT2D eigenvalue weighted by Crippen LogP contribution is 2.48. The van der Waals surface area contributed by atoms with Crippen LogP contribution in [0.3, 0.4) is 0 Å².